The van der Waals surface area contributed by atoms with Crippen LogP contribution in [-0.2, 0) is 4.79 Å². The average Bonchev–Trinajstić information content (AvgIpc) is 2.95. The van der Waals surface area contributed by atoms with E-state index in [4.69, 9.17) is 9.37 Å². The maximum atomic E-state index is 12.4. The van der Waals surface area contributed by atoms with Gasteiger partial charge >= 0.3 is 0 Å². The third kappa shape index (κ3) is 2.18. The molecule has 2 atom stereocenters. The van der Waals surface area contributed by atoms with Gasteiger partial charge in [-0.05, 0) is 43.1 Å². The van der Waals surface area contributed by atoms with E-state index in [1.807, 2.05) is 13.8 Å². The number of benzene rings is 1. The van der Waals surface area contributed by atoms with Crippen LogP contribution in [0, 0.1) is 0 Å². The molecule has 1 fully saturated rings. The number of amides is 1. The monoisotopic (exact) mass is 317 g/mol. The summed E-state index contributed by atoms with van der Waals surface area (Å²) >= 11 is 0. The van der Waals surface area contributed by atoms with Crippen molar-refractivity contribution in [3.05, 3.63) is 17.7 Å². The lowest BCUT2D eigenvalue weighted by Gasteiger charge is -2.47. The van der Waals surface area contributed by atoms with Gasteiger partial charge in [-0.15, -0.1) is 0 Å². The summed E-state index contributed by atoms with van der Waals surface area (Å²) < 4.78 is 10.7. The molecular formula is C16H19N3O4. The molecule has 0 spiro atoms. The SMILES string of the molecule is CC1(C)Oc2cc3nonc3cc2[C@@H](N2CCCCC2=O)[C@@H]1O. The molecule has 2 aliphatic heterocycles. The Labute approximate surface area is 133 Å². The van der Waals surface area contributed by atoms with E-state index in [9.17, 15) is 9.90 Å². The second kappa shape index (κ2) is 4.92. The molecule has 1 saturated heterocycles. The van der Waals surface area contributed by atoms with Gasteiger partial charge in [0.15, 0.2) is 0 Å². The minimum absolute atomic E-state index is 0.0716. The summed E-state index contributed by atoms with van der Waals surface area (Å²) in [5.74, 6) is 0.689. The van der Waals surface area contributed by atoms with Gasteiger partial charge in [0, 0.05) is 24.6 Å². The quantitative estimate of drug-likeness (QED) is 0.863. The first-order valence-corrected chi connectivity index (χ1v) is 7.90. The molecule has 0 radical (unpaired) electrons. The number of nitrogens with zero attached hydrogens (tertiary/aromatic N) is 3. The highest BCUT2D eigenvalue weighted by Crippen LogP contribution is 2.44. The molecule has 0 saturated carbocycles. The number of aliphatic hydroxyl groups is 1. The maximum absolute atomic E-state index is 12.4. The number of hydrogen-bond acceptors (Lipinski definition) is 6. The van der Waals surface area contributed by atoms with Crippen LogP contribution < -0.4 is 4.74 Å². The smallest absolute Gasteiger partial charge is 0.223 e. The summed E-state index contributed by atoms with van der Waals surface area (Å²) in [5.41, 5.74) is 1.14. The number of fused-ring (bicyclic) bond motifs is 2. The van der Waals surface area contributed by atoms with Gasteiger partial charge in [0.1, 0.15) is 28.5 Å². The fourth-order valence-electron chi connectivity index (χ4n) is 3.50. The zero-order valence-corrected chi connectivity index (χ0v) is 13.2. The minimum atomic E-state index is -0.825. The van der Waals surface area contributed by atoms with Gasteiger partial charge in [-0.2, -0.15) is 0 Å². The molecule has 7 heteroatoms. The number of ether oxygens (including phenoxy) is 1. The van der Waals surface area contributed by atoms with Crippen molar-refractivity contribution in [3.8, 4) is 5.75 Å². The largest absolute Gasteiger partial charge is 0.485 e. The van der Waals surface area contributed by atoms with Gasteiger partial charge in [-0.3, -0.25) is 4.79 Å². The number of likely N-dealkylation sites (tertiary alicyclic amines) is 1. The van der Waals surface area contributed by atoms with Gasteiger partial charge in [0.25, 0.3) is 0 Å². The van der Waals surface area contributed by atoms with Crippen molar-refractivity contribution in [1.82, 2.24) is 15.2 Å². The Balaban J connectivity index is 1.87. The summed E-state index contributed by atoms with van der Waals surface area (Å²) in [5, 5.41) is 18.6. The van der Waals surface area contributed by atoms with Crippen molar-refractivity contribution in [2.75, 3.05) is 6.54 Å². The van der Waals surface area contributed by atoms with E-state index >= 15 is 0 Å². The average molecular weight is 317 g/mol. The number of hydrogen-bond donors (Lipinski definition) is 1. The van der Waals surface area contributed by atoms with Crippen molar-refractivity contribution in [2.24, 2.45) is 0 Å². The molecule has 2 aromatic rings. The molecule has 0 bridgehead atoms. The van der Waals surface area contributed by atoms with Crippen LogP contribution in [0.15, 0.2) is 16.8 Å². The molecule has 1 aromatic carbocycles. The van der Waals surface area contributed by atoms with Crippen LogP contribution in [0.1, 0.15) is 44.7 Å². The number of piperidine rings is 1. The maximum Gasteiger partial charge on any atom is 0.223 e. The Morgan fingerprint density at radius 2 is 2.00 bits per heavy atom. The number of carbonyl (C=O) groups excluding carboxylic acids is 1. The van der Waals surface area contributed by atoms with Gasteiger partial charge in [0.2, 0.25) is 5.91 Å². The molecule has 2 aliphatic rings. The van der Waals surface area contributed by atoms with Gasteiger partial charge in [0.05, 0.1) is 6.04 Å². The lowest BCUT2D eigenvalue weighted by molar-refractivity contribution is -0.147. The Morgan fingerprint density at radius 3 is 2.74 bits per heavy atom. The Kier molecular flexibility index (Phi) is 3.09. The normalized spacial score (nSPS) is 26.9. The fourth-order valence-corrected chi connectivity index (χ4v) is 3.50. The van der Waals surface area contributed by atoms with E-state index in [0.717, 1.165) is 18.4 Å². The predicted molar refractivity (Wildman–Crippen MR) is 80.8 cm³/mol. The van der Waals surface area contributed by atoms with Crippen molar-refractivity contribution in [1.29, 1.82) is 0 Å². The summed E-state index contributed by atoms with van der Waals surface area (Å²) in [6.07, 6.45) is 1.54. The first kappa shape index (κ1) is 14.4. The van der Waals surface area contributed by atoms with Crippen LogP contribution in [-0.4, -0.2) is 44.5 Å². The first-order chi connectivity index (χ1) is 11.0. The summed E-state index contributed by atoms with van der Waals surface area (Å²) in [4.78, 5) is 14.2. The summed E-state index contributed by atoms with van der Waals surface area (Å²) in [6, 6.07) is 3.12. The van der Waals surface area contributed by atoms with Crippen LogP contribution in [0.5, 0.6) is 5.75 Å². The van der Waals surface area contributed by atoms with Gasteiger partial charge < -0.3 is 14.7 Å². The Morgan fingerprint density at radius 1 is 1.26 bits per heavy atom. The van der Waals surface area contributed by atoms with E-state index in [1.54, 1.807) is 17.0 Å². The topological polar surface area (TPSA) is 88.7 Å². The highest BCUT2D eigenvalue weighted by Gasteiger charge is 2.47. The third-order valence-corrected chi connectivity index (χ3v) is 4.78. The molecule has 1 N–H and O–H groups in total. The second-order valence-corrected chi connectivity index (χ2v) is 6.78. The molecule has 0 aliphatic carbocycles. The van der Waals surface area contributed by atoms with Crippen LogP contribution in [0.3, 0.4) is 0 Å². The Hall–Kier alpha value is -2.15. The fraction of sp³-hybridized carbons (Fsp3) is 0.562. The standard InChI is InChI=1S/C16H19N3O4/c1-16(2)15(21)14(19-6-4-3-5-13(19)20)9-7-10-11(18-23-17-10)8-12(9)22-16/h7-8,14-15,21H,3-6H2,1-2H3/t14-,15+/m1/s1. The molecule has 3 heterocycles. The van der Waals surface area contributed by atoms with Gasteiger partial charge in [-0.1, -0.05) is 0 Å². The third-order valence-electron chi connectivity index (χ3n) is 4.78. The lowest BCUT2D eigenvalue weighted by atomic mass is 9.84. The Bertz CT molecular complexity index is 770. The van der Waals surface area contributed by atoms with Gasteiger partial charge in [-0.25, -0.2) is 4.63 Å². The van der Waals surface area contributed by atoms with E-state index < -0.39 is 17.7 Å². The van der Waals surface area contributed by atoms with Crippen LogP contribution >= 0.6 is 0 Å². The zero-order chi connectivity index (χ0) is 16.2. The molecule has 1 amide bonds. The number of rotatable bonds is 1. The van der Waals surface area contributed by atoms with Crippen LogP contribution in [0.25, 0.3) is 11.0 Å². The van der Waals surface area contributed by atoms with E-state index in [0.29, 0.717) is 29.7 Å². The number of carbonyl (C=O) groups is 1. The molecule has 0 unspecified atom stereocenters. The van der Waals surface area contributed by atoms with Crippen molar-refractivity contribution in [3.63, 3.8) is 0 Å². The lowest BCUT2D eigenvalue weighted by Crippen LogP contribution is -2.55. The highest BCUT2D eigenvalue weighted by atomic mass is 16.6. The predicted octanol–water partition coefficient (Wildman–Crippen LogP) is 1.81. The number of aromatic nitrogens is 2. The second-order valence-electron chi connectivity index (χ2n) is 6.78. The van der Waals surface area contributed by atoms with E-state index in [1.165, 1.54) is 0 Å². The van der Waals surface area contributed by atoms with Crippen LogP contribution in [0.2, 0.25) is 0 Å². The van der Waals surface area contributed by atoms with E-state index in [2.05, 4.69) is 10.3 Å². The minimum Gasteiger partial charge on any atom is -0.485 e. The zero-order valence-electron chi connectivity index (χ0n) is 13.2. The molecular weight excluding hydrogens is 298 g/mol. The molecule has 23 heavy (non-hydrogen) atoms. The van der Waals surface area contributed by atoms with Crippen molar-refractivity contribution >= 4 is 16.9 Å². The van der Waals surface area contributed by atoms with Crippen LogP contribution in [0.4, 0.5) is 0 Å². The molecule has 4 rings (SSSR count). The highest BCUT2D eigenvalue weighted by molar-refractivity contribution is 5.80. The van der Waals surface area contributed by atoms with E-state index in [-0.39, 0.29) is 5.91 Å². The molecule has 122 valence electrons. The molecule has 7 nitrogen and oxygen atoms in total. The summed E-state index contributed by atoms with van der Waals surface area (Å²) in [6.45, 7) is 4.30. The molecule has 1 aromatic heterocycles. The number of aliphatic hydroxyl groups excluding tert-OH is 1. The van der Waals surface area contributed by atoms with Crippen molar-refractivity contribution < 1.29 is 19.3 Å². The van der Waals surface area contributed by atoms with Crippen molar-refractivity contribution in [2.45, 2.75) is 50.9 Å². The first-order valence-electron chi connectivity index (χ1n) is 7.90. The summed E-state index contributed by atoms with van der Waals surface area (Å²) in [7, 11) is 0.